The third-order valence-electron chi connectivity index (χ3n) is 4.26. The molecule has 0 fully saturated rings. The maximum absolute atomic E-state index is 14.1. The minimum Gasteiger partial charge on any atom is -0.496 e. The van der Waals surface area contributed by atoms with Gasteiger partial charge in [0.05, 0.1) is 17.4 Å². The molecule has 0 unspecified atom stereocenters. The monoisotopic (exact) mass is 475 g/mol. The molecule has 30 heavy (non-hydrogen) atoms. The summed E-state index contributed by atoms with van der Waals surface area (Å²) in [6.45, 7) is 1.08. The Morgan fingerprint density at radius 1 is 1.20 bits per heavy atom. The Hall–Kier alpha value is -2.00. The summed E-state index contributed by atoms with van der Waals surface area (Å²) in [6.07, 6.45) is 0.661. The molecule has 0 atom stereocenters. The molecule has 0 aliphatic rings. The van der Waals surface area contributed by atoms with Crippen molar-refractivity contribution in [2.75, 3.05) is 39.2 Å². The lowest BCUT2D eigenvalue weighted by atomic mass is 10.1. The molecule has 3 rings (SSSR count). The van der Waals surface area contributed by atoms with E-state index in [0.29, 0.717) is 28.4 Å². The third-order valence-corrected chi connectivity index (χ3v) is 5.52. The van der Waals surface area contributed by atoms with E-state index in [1.807, 2.05) is 19.0 Å². The summed E-state index contributed by atoms with van der Waals surface area (Å²) in [5.41, 5.74) is 0.311. The summed E-state index contributed by atoms with van der Waals surface area (Å²) >= 11 is 7.14. The zero-order valence-corrected chi connectivity index (χ0v) is 19.0. The van der Waals surface area contributed by atoms with Crippen LogP contribution in [0.5, 0.6) is 5.75 Å². The molecule has 1 amide bonds. The van der Waals surface area contributed by atoms with Gasteiger partial charge in [0.1, 0.15) is 17.1 Å². The molecule has 1 heterocycles. The van der Waals surface area contributed by atoms with Crippen LogP contribution in [0.25, 0.3) is 10.2 Å². The van der Waals surface area contributed by atoms with E-state index in [2.05, 4.69) is 4.98 Å². The highest BCUT2D eigenvalue weighted by atomic mass is 35.5. The van der Waals surface area contributed by atoms with Crippen molar-refractivity contribution in [1.29, 1.82) is 0 Å². The van der Waals surface area contributed by atoms with Crippen LogP contribution in [0, 0.1) is 11.6 Å². The third kappa shape index (κ3) is 5.37. The molecule has 0 saturated heterocycles. The minimum absolute atomic E-state index is 0. The molecule has 0 N–H and O–H groups in total. The van der Waals surface area contributed by atoms with Gasteiger partial charge in [-0.15, -0.1) is 12.4 Å². The van der Waals surface area contributed by atoms with Gasteiger partial charge in [-0.25, -0.2) is 13.8 Å². The van der Waals surface area contributed by atoms with Crippen LogP contribution in [0.3, 0.4) is 0 Å². The van der Waals surface area contributed by atoms with Crippen LogP contribution in [0.1, 0.15) is 16.8 Å². The van der Waals surface area contributed by atoms with Crippen molar-refractivity contribution in [3.63, 3.8) is 0 Å². The van der Waals surface area contributed by atoms with Crippen molar-refractivity contribution >= 4 is 56.6 Å². The van der Waals surface area contributed by atoms with Crippen LogP contribution >= 0.6 is 35.3 Å². The smallest absolute Gasteiger partial charge is 0.263 e. The fourth-order valence-electron chi connectivity index (χ4n) is 2.88. The number of nitrogens with zero attached hydrogens (tertiary/aromatic N) is 3. The van der Waals surface area contributed by atoms with E-state index in [4.69, 9.17) is 16.3 Å². The Kier molecular flexibility index (Phi) is 8.37. The fourth-order valence-corrected chi connectivity index (χ4v) is 4.08. The number of aromatic nitrogens is 1. The first kappa shape index (κ1) is 24.3. The summed E-state index contributed by atoms with van der Waals surface area (Å²) in [4.78, 5) is 21.1. The first-order chi connectivity index (χ1) is 13.8. The van der Waals surface area contributed by atoms with Crippen molar-refractivity contribution in [2.24, 2.45) is 0 Å². The van der Waals surface area contributed by atoms with Gasteiger partial charge in [-0.1, -0.05) is 22.9 Å². The molecule has 2 aromatic carbocycles. The molecule has 3 aromatic rings. The number of fused-ring (bicyclic) bond motifs is 1. The Morgan fingerprint density at radius 2 is 1.93 bits per heavy atom. The van der Waals surface area contributed by atoms with Crippen molar-refractivity contribution < 1.29 is 18.3 Å². The Balaban J connectivity index is 0.00000320. The van der Waals surface area contributed by atoms with Crippen molar-refractivity contribution in [3.05, 3.63) is 52.6 Å². The lowest BCUT2D eigenvalue weighted by Crippen LogP contribution is -2.33. The van der Waals surface area contributed by atoms with Crippen LogP contribution < -0.4 is 9.64 Å². The van der Waals surface area contributed by atoms with Gasteiger partial charge in [0.25, 0.3) is 5.91 Å². The summed E-state index contributed by atoms with van der Waals surface area (Å²) in [6, 6.07) is 6.76. The average molecular weight is 476 g/mol. The number of carbonyl (C=O) groups is 1. The highest BCUT2D eigenvalue weighted by molar-refractivity contribution is 7.22. The quantitative estimate of drug-likeness (QED) is 0.467. The molecule has 0 radical (unpaired) electrons. The van der Waals surface area contributed by atoms with E-state index < -0.39 is 11.6 Å². The lowest BCUT2D eigenvalue weighted by Gasteiger charge is -2.22. The molecule has 0 saturated carbocycles. The van der Waals surface area contributed by atoms with E-state index in [1.165, 1.54) is 24.1 Å². The number of rotatable bonds is 7. The molecule has 1 aromatic heterocycles. The summed E-state index contributed by atoms with van der Waals surface area (Å²) < 4.78 is 33.4. The highest BCUT2D eigenvalue weighted by Crippen LogP contribution is 2.33. The minimum atomic E-state index is -0.761. The summed E-state index contributed by atoms with van der Waals surface area (Å²) in [5, 5.41) is 0.676. The normalized spacial score (nSPS) is 10.9. The van der Waals surface area contributed by atoms with E-state index in [9.17, 15) is 13.6 Å². The molecule has 0 bridgehead atoms. The largest absolute Gasteiger partial charge is 0.496 e. The van der Waals surface area contributed by atoms with Gasteiger partial charge in [-0.3, -0.25) is 9.69 Å². The van der Waals surface area contributed by atoms with Crippen LogP contribution in [-0.2, 0) is 0 Å². The van der Waals surface area contributed by atoms with E-state index >= 15 is 0 Å². The van der Waals surface area contributed by atoms with Crippen LogP contribution in [0.2, 0.25) is 5.02 Å². The first-order valence-corrected chi connectivity index (χ1v) is 10.1. The molecule has 0 spiro atoms. The molecule has 10 heteroatoms. The molecular weight excluding hydrogens is 455 g/mol. The second-order valence-corrected chi connectivity index (χ2v) is 8.13. The topological polar surface area (TPSA) is 45.7 Å². The predicted octanol–water partition coefficient (Wildman–Crippen LogP) is 5.26. The second kappa shape index (κ2) is 10.3. The maximum atomic E-state index is 14.1. The van der Waals surface area contributed by atoms with Gasteiger partial charge in [0, 0.05) is 17.6 Å². The Labute approximate surface area is 188 Å². The van der Waals surface area contributed by atoms with Crippen molar-refractivity contribution in [2.45, 2.75) is 6.42 Å². The van der Waals surface area contributed by atoms with Crippen molar-refractivity contribution in [1.82, 2.24) is 9.88 Å². The molecule has 0 aliphatic heterocycles. The number of thiazole rings is 1. The van der Waals surface area contributed by atoms with Crippen molar-refractivity contribution in [3.8, 4) is 5.75 Å². The fraction of sp³-hybridized carbons (Fsp3) is 0.300. The van der Waals surface area contributed by atoms with Crippen LogP contribution in [0.4, 0.5) is 13.9 Å². The Bertz CT molecular complexity index is 1050. The predicted molar refractivity (Wildman–Crippen MR) is 120 cm³/mol. The SMILES string of the molecule is COc1ccc(Cl)cc1C(=O)N(CCCN(C)C)c1nc2c(F)cc(F)cc2s1.Cl. The zero-order chi connectivity index (χ0) is 21.1. The maximum Gasteiger partial charge on any atom is 0.263 e. The number of carbonyl (C=O) groups excluding carboxylic acids is 1. The number of benzene rings is 2. The molecule has 0 aliphatic carbocycles. The summed E-state index contributed by atoms with van der Waals surface area (Å²) in [5.74, 6) is -1.45. The summed E-state index contributed by atoms with van der Waals surface area (Å²) in [7, 11) is 5.33. The zero-order valence-electron chi connectivity index (χ0n) is 16.6. The number of ether oxygens (including phenoxy) is 1. The number of hydrogen-bond donors (Lipinski definition) is 0. The number of methoxy groups -OCH3 is 1. The number of hydrogen-bond acceptors (Lipinski definition) is 5. The molecule has 5 nitrogen and oxygen atoms in total. The van der Waals surface area contributed by atoms with Gasteiger partial charge in [-0.2, -0.15) is 0 Å². The van der Waals surface area contributed by atoms with E-state index in [-0.39, 0.29) is 34.5 Å². The molecule has 162 valence electrons. The van der Waals surface area contributed by atoms with Gasteiger partial charge >= 0.3 is 0 Å². The number of halogens is 4. The van der Waals surface area contributed by atoms with E-state index in [1.54, 1.807) is 12.1 Å². The average Bonchev–Trinajstić information content (AvgIpc) is 3.08. The lowest BCUT2D eigenvalue weighted by molar-refractivity contribution is 0.0983. The van der Waals surface area contributed by atoms with Crippen LogP contribution in [0.15, 0.2) is 30.3 Å². The van der Waals surface area contributed by atoms with E-state index in [0.717, 1.165) is 23.9 Å². The van der Waals surface area contributed by atoms with Crippen LogP contribution in [-0.4, -0.2) is 50.1 Å². The van der Waals surface area contributed by atoms with Gasteiger partial charge in [0.15, 0.2) is 10.9 Å². The standard InChI is InChI=1S/C20H20ClF2N3O2S.ClH/c1-25(2)7-4-8-26(19(27)14-9-12(21)5-6-16(14)28-3)20-24-18-15(23)10-13(22)11-17(18)29-20;/h5-6,9-11H,4,7-8H2,1-3H3;1H. The number of amides is 1. The Morgan fingerprint density at radius 3 is 2.60 bits per heavy atom. The second-order valence-electron chi connectivity index (χ2n) is 6.69. The van der Waals surface area contributed by atoms with Gasteiger partial charge < -0.3 is 9.64 Å². The first-order valence-electron chi connectivity index (χ1n) is 8.86. The highest BCUT2D eigenvalue weighted by Gasteiger charge is 2.25. The van der Waals surface area contributed by atoms with Gasteiger partial charge in [0.2, 0.25) is 0 Å². The number of anilines is 1. The van der Waals surface area contributed by atoms with Gasteiger partial charge in [-0.05, 0) is 51.3 Å². The molecular formula is C20H21Cl2F2N3O2S.